The van der Waals surface area contributed by atoms with E-state index in [0.717, 1.165) is 5.76 Å². The van der Waals surface area contributed by atoms with Crippen LogP contribution >= 0.6 is 0 Å². The number of aryl methyl sites for hydroxylation is 1. The molecule has 0 bridgehead atoms. The van der Waals surface area contributed by atoms with Gasteiger partial charge in [-0.3, -0.25) is 4.79 Å². The van der Waals surface area contributed by atoms with Gasteiger partial charge < -0.3 is 25.4 Å². The first-order chi connectivity index (χ1) is 9.99. The average Bonchev–Trinajstić information content (AvgIpc) is 2.93. The molecule has 21 heavy (non-hydrogen) atoms. The van der Waals surface area contributed by atoms with Crippen LogP contribution in [0, 0.1) is 12.3 Å². The van der Waals surface area contributed by atoms with Crippen molar-refractivity contribution in [2.45, 2.75) is 32.7 Å². The van der Waals surface area contributed by atoms with Gasteiger partial charge in [-0.25, -0.2) is 0 Å². The minimum atomic E-state index is -1.02. The van der Waals surface area contributed by atoms with E-state index in [1.165, 1.54) is 0 Å². The van der Waals surface area contributed by atoms with E-state index in [0.29, 0.717) is 31.8 Å². The molecule has 1 aliphatic rings. The van der Waals surface area contributed by atoms with E-state index in [1.807, 2.05) is 26.0 Å². The van der Waals surface area contributed by atoms with Crippen molar-refractivity contribution in [3.63, 3.8) is 0 Å². The Kier molecular flexibility index (Phi) is 4.52. The maximum Gasteiger partial charge on any atom is 0.234 e. The van der Waals surface area contributed by atoms with E-state index in [4.69, 9.17) is 20.1 Å². The van der Waals surface area contributed by atoms with E-state index in [2.05, 4.69) is 10.5 Å². The topological polar surface area (TPSA) is 110 Å². The lowest BCUT2D eigenvalue weighted by Crippen LogP contribution is -2.53. The summed E-state index contributed by atoms with van der Waals surface area (Å²) in [6.07, 6.45) is 0.775. The van der Waals surface area contributed by atoms with Crippen LogP contribution in [0.25, 0.3) is 0 Å². The molecule has 1 aliphatic heterocycles. The number of oxime groups is 1. The van der Waals surface area contributed by atoms with Crippen LogP contribution in [0.15, 0.2) is 21.7 Å². The van der Waals surface area contributed by atoms with E-state index in [-0.39, 0.29) is 17.8 Å². The predicted octanol–water partition coefficient (Wildman–Crippen LogP) is 1.31. The van der Waals surface area contributed by atoms with Crippen LogP contribution in [0.1, 0.15) is 37.3 Å². The second-order valence-corrected chi connectivity index (χ2v) is 5.32. The standard InChI is InChI=1S/C14H21N3O4/c1-9-3-4-11(21-9)10(2)16-13(18)14(12(15)17-19)5-7-20-8-6-14/h3-4,10,19H,5-8H2,1-2H3,(H2,15,17)(H,16,18). The summed E-state index contributed by atoms with van der Waals surface area (Å²) in [7, 11) is 0. The van der Waals surface area contributed by atoms with Crippen LogP contribution in [-0.4, -0.2) is 30.2 Å². The highest BCUT2D eigenvalue weighted by molar-refractivity contribution is 6.06. The smallest absolute Gasteiger partial charge is 0.234 e. The molecule has 1 atom stereocenters. The van der Waals surface area contributed by atoms with Gasteiger partial charge in [-0.1, -0.05) is 5.16 Å². The van der Waals surface area contributed by atoms with E-state index in [1.54, 1.807) is 0 Å². The number of nitrogens with one attached hydrogen (secondary N) is 1. The summed E-state index contributed by atoms with van der Waals surface area (Å²) < 4.78 is 10.8. The maximum absolute atomic E-state index is 12.6. The molecular weight excluding hydrogens is 274 g/mol. The molecule has 1 aromatic heterocycles. The third kappa shape index (κ3) is 3.02. The van der Waals surface area contributed by atoms with E-state index >= 15 is 0 Å². The van der Waals surface area contributed by atoms with Crippen molar-refractivity contribution < 1.29 is 19.2 Å². The number of amides is 1. The van der Waals surface area contributed by atoms with Crippen molar-refractivity contribution >= 4 is 11.7 Å². The molecule has 1 amide bonds. The summed E-state index contributed by atoms with van der Waals surface area (Å²) in [6.45, 7) is 4.47. The molecule has 7 heteroatoms. The first-order valence-corrected chi connectivity index (χ1v) is 6.92. The molecule has 0 radical (unpaired) electrons. The molecule has 7 nitrogen and oxygen atoms in total. The monoisotopic (exact) mass is 295 g/mol. The zero-order chi connectivity index (χ0) is 15.5. The van der Waals surface area contributed by atoms with Crippen molar-refractivity contribution in [1.29, 1.82) is 0 Å². The van der Waals surface area contributed by atoms with Crippen molar-refractivity contribution in [2.75, 3.05) is 13.2 Å². The van der Waals surface area contributed by atoms with Gasteiger partial charge in [0.2, 0.25) is 5.91 Å². The molecule has 1 unspecified atom stereocenters. The number of nitrogens with two attached hydrogens (primary N) is 1. The molecule has 1 fully saturated rings. The molecule has 0 aromatic carbocycles. The Morgan fingerprint density at radius 3 is 2.67 bits per heavy atom. The van der Waals surface area contributed by atoms with Crippen molar-refractivity contribution in [3.05, 3.63) is 23.7 Å². The Morgan fingerprint density at radius 1 is 1.48 bits per heavy atom. The molecule has 4 N–H and O–H groups in total. The number of carbonyl (C=O) groups is 1. The Morgan fingerprint density at radius 2 is 2.14 bits per heavy atom. The minimum Gasteiger partial charge on any atom is -0.464 e. The van der Waals surface area contributed by atoms with Crippen molar-refractivity contribution in [1.82, 2.24) is 5.32 Å². The van der Waals surface area contributed by atoms with Gasteiger partial charge in [0.15, 0.2) is 5.84 Å². The quantitative estimate of drug-likeness (QED) is 0.336. The SMILES string of the molecule is Cc1ccc(C(C)NC(=O)C2(C(N)=NO)CCOCC2)o1. The first-order valence-electron chi connectivity index (χ1n) is 6.92. The molecular formula is C14H21N3O4. The highest BCUT2D eigenvalue weighted by atomic mass is 16.5. The highest BCUT2D eigenvalue weighted by Crippen LogP contribution is 2.32. The number of ether oxygens (including phenoxy) is 1. The zero-order valence-electron chi connectivity index (χ0n) is 12.3. The fraction of sp³-hybridized carbons (Fsp3) is 0.571. The summed E-state index contributed by atoms with van der Waals surface area (Å²) in [5.74, 6) is 1.10. The number of rotatable bonds is 4. The van der Waals surface area contributed by atoms with Crippen LogP contribution in [0.5, 0.6) is 0 Å². The van der Waals surface area contributed by atoms with Gasteiger partial charge in [0.05, 0.1) is 6.04 Å². The Balaban J connectivity index is 2.15. The van der Waals surface area contributed by atoms with E-state index < -0.39 is 5.41 Å². The van der Waals surface area contributed by atoms with Gasteiger partial charge in [0.25, 0.3) is 0 Å². The fourth-order valence-electron chi connectivity index (χ4n) is 2.51. The van der Waals surface area contributed by atoms with Gasteiger partial charge in [-0.2, -0.15) is 0 Å². The van der Waals surface area contributed by atoms with E-state index in [9.17, 15) is 4.79 Å². The number of furan rings is 1. The molecule has 2 rings (SSSR count). The average molecular weight is 295 g/mol. The summed E-state index contributed by atoms with van der Waals surface area (Å²) >= 11 is 0. The van der Waals surface area contributed by atoms with Crippen molar-refractivity contribution in [2.24, 2.45) is 16.3 Å². The largest absolute Gasteiger partial charge is 0.464 e. The Hall–Kier alpha value is -2.02. The Labute approximate surface area is 123 Å². The second-order valence-electron chi connectivity index (χ2n) is 5.32. The lowest BCUT2D eigenvalue weighted by atomic mass is 9.78. The van der Waals surface area contributed by atoms with Gasteiger partial charge >= 0.3 is 0 Å². The van der Waals surface area contributed by atoms with Gasteiger partial charge in [0, 0.05) is 13.2 Å². The third-order valence-electron chi connectivity index (χ3n) is 3.91. The first kappa shape index (κ1) is 15.4. The van der Waals surface area contributed by atoms with Gasteiger partial charge in [-0.05, 0) is 38.8 Å². The predicted molar refractivity (Wildman–Crippen MR) is 75.9 cm³/mol. The molecule has 0 aliphatic carbocycles. The zero-order valence-corrected chi connectivity index (χ0v) is 12.3. The van der Waals surface area contributed by atoms with Gasteiger partial charge in [-0.15, -0.1) is 0 Å². The number of hydrogen-bond acceptors (Lipinski definition) is 5. The fourth-order valence-corrected chi connectivity index (χ4v) is 2.51. The summed E-state index contributed by atoms with van der Waals surface area (Å²) in [5, 5.41) is 14.9. The summed E-state index contributed by atoms with van der Waals surface area (Å²) in [5.41, 5.74) is 4.74. The lowest BCUT2D eigenvalue weighted by molar-refractivity contribution is -0.132. The molecule has 2 heterocycles. The minimum absolute atomic E-state index is 0.0777. The molecule has 1 saturated heterocycles. The molecule has 0 saturated carbocycles. The molecule has 116 valence electrons. The number of nitrogens with zero attached hydrogens (tertiary/aromatic N) is 1. The van der Waals surface area contributed by atoms with Crippen LogP contribution in [0.2, 0.25) is 0 Å². The van der Waals surface area contributed by atoms with Crippen LogP contribution < -0.4 is 11.1 Å². The Bertz CT molecular complexity index is 532. The summed E-state index contributed by atoms with van der Waals surface area (Å²) in [4.78, 5) is 12.6. The highest BCUT2D eigenvalue weighted by Gasteiger charge is 2.45. The molecule has 1 aromatic rings. The van der Waals surface area contributed by atoms with Crippen LogP contribution in [0.4, 0.5) is 0 Å². The number of carbonyl (C=O) groups excluding carboxylic acids is 1. The number of hydrogen-bond donors (Lipinski definition) is 3. The lowest BCUT2D eigenvalue weighted by Gasteiger charge is -2.35. The second kappa shape index (κ2) is 6.17. The third-order valence-corrected chi connectivity index (χ3v) is 3.91. The normalized spacial score (nSPS) is 20.0. The molecule has 0 spiro atoms. The van der Waals surface area contributed by atoms with Gasteiger partial charge in [0.1, 0.15) is 16.9 Å². The van der Waals surface area contributed by atoms with Crippen LogP contribution in [0.3, 0.4) is 0 Å². The number of amidine groups is 1. The van der Waals surface area contributed by atoms with Crippen LogP contribution in [-0.2, 0) is 9.53 Å². The maximum atomic E-state index is 12.6. The summed E-state index contributed by atoms with van der Waals surface area (Å²) in [6, 6.07) is 3.36. The van der Waals surface area contributed by atoms with Crippen molar-refractivity contribution in [3.8, 4) is 0 Å².